The minimum absolute atomic E-state index is 0.397. The number of rotatable bonds is 4. The Bertz CT molecular complexity index is 1010. The number of nitrogens with zero attached hydrogens (tertiary/aromatic N) is 4. The molecule has 1 saturated heterocycles. The molecule has 2 fully saturated rings. The fraction of sp³-hybridized carbons (Fsp3) is 0.421. The van der Waals surface area contributed by atoms with Crippen molar-refractivity contribution >= 4 is 22.8 Å². The van der Waals surface area contributed by atoms with Gasteiger partial charge in [-0.05, 0) is 30.5 Å². The maximum atomic E-state index is 10.7. The van der Waals surface area contributed by atoms with E-state index in [2.05, 4.69) is 15.0 Å². The summed E-state index contributed by atoms with van der Waals surface area (Å²) in [4.78, 5) is 13.0. The highest BCUT2D eigenvalue weighted by Gasteiger charge is 2.47. The zero-order chi connectivity index (χ0) is 19.4. The van der Waals surface area contributed by atoms with E-state index in [9.17, 15) is 15.3 Å². The van der Waals surface area contributed by atoms with Gasteiger partial charge in [0, 0.05) is 10.9 Å². The van der Waals surface area contributed by atoms with E-state index in [1.165, 1.54) is 12.7 Å². The van der Waals surface area contributed by atoms with Gasteiger partial charge in [0.05, 0.1) is 12.0 Å². The number of aliphatic hydroxyl groups excluding tert-OH is 3. The monoisotopic (exact) mass is 402 g/mol. The Morgan fingerprint density at radius 3 is 2.54 bits per heavy atom. The van der Waals surface area contributed by atoms with Crippen LogP contribution in [0.2, 0.25) is 5.02 Å². The Morgan fingerprint density at radius 1 is 1.07 bits per heavy atom. The summed E-state index contributed by atoms with van der Waals surface area (Å²) in [5.74, 6) is 0.397. The third-order valence-electron chi connectivity index (χ3n) is 5.42. The van der Waals surface area contributed by atoms with Crippen LogP contribution in [0.15, 0.2) is 36.9 Å². The van der Waals surface area contributed by atoms with Crippen LogP contribution >= 0.6 is 11.6 Å². The number of ether oxygens (including phenoxy) is 1. The van der Waals surface area contributed by atoms with Gasteiger partial charge in [-0.15, -0.1) is 0 Å². The van der Waals surface area contributed by atoms with Crippen molar-refractivity contribution in [1.82, 2.24) is 19.5 Å². The van der Waals surface area contributed by atoms with E-state index in [-0.39, 0.29) is 0 Å². The molecule has 0 amide bonds. The van der Waals surface area contributed by atoms with Crippen LogP contribution in [-0.4, -0.2) is 53.2 Å². The number of halogens is 1. The molecule has 2 aromatic heterocycles. The second-order valence-corrected chi connectivity index (χ2v) is 7.76. The van der Waals surface area contributed by atoms with E-state index in [1.807, 2.05) is 0 Å². The van der Waals surface area contributed by atoms with Crippen LogP contribution in [-0.2, 0) is 4.74 Å². The maximum absolute atomic E-state index is 10.7. The molecule has 0 bridgehead atoms. The fourth-order valence-corrected chi connectivity index (χ4v) is 3.86. The second-order valence-electron chi connectivity index (χ2n) is 7.33. The smallest absolute Gasteiger partial charge is 0.165 e. The van der Waals surface area contributed by atoms with Gasteiger partial charge in [-0.1, -0.05) is 23.7 Å². The van der Waals surface area contributed by atoms with Crippen molar-refractivity contribution in [3.05, 3.63) is 53.2 Å². The first-order chi connectivity index (χ1) is 13.5. The number of hydrogen-bond donors (Lipinski definition) is 3. The highest BCUT2D eigenvalue weighted by atomic mass is 35.5. The molecular formula is C19H19ClN4O4. The summed E-state index contributed by atoms with van der Waals surface area (Å²) >= 11 is 5.89. The van der Waals surface area contributed by atoms with Crippen molar-refractivity contribution in [2.45, 2.75) is 49.4 Å². The molecule has 1 unspecified atom stereocenters. The van der Waals surface area contributed by atoms with Crippen LogP contribution < -0.4 is 0 Å². The van der Waals surface area contributed by atoms with Crippen molar-refractivity contribution in [3.8, 4) is 0 Å². The third-order valence-corrected chi connectivity index (χ3v) is 5.68. The number of hydrogen-bond acceptors (Lipinski definition) is 7. The van der Waals surface area contributed by atoms with E-state index in [4.69, 9.17) is 16.3 Å². The van der Waals surface area contributed by atoms with Gasteiger partial charge in [-0.2, -0.15) is 0 Å². The second kappa shape index (κ2) is 6.75. The van der Waals surface area contributed by atoms with Gasteiger partial charge in [0.15, 0.2) is 11.9 Å². The molecule has 1 aliphatic heterocycles. The highest BCUT2D eigenvalue weighted by Crippen LogP contribution is 2.42. The lowest BCUT2D eigenvalue weighted by Crippen LogP contribution is -2.34. The average Bonchev–Trinajstić information content (AvgIpc) is 3.40. The van der Waals surface area contributed by atoms with E-state index in [0.717, 1.165) is 18.5 Å². The van der Waals surface area contributed by atoms with Crippen molar-refractivity contribution in [2.24, 2.45) is 0 Å². The molecule has 0 spiro atoms. The van der Waals surface area contributed by atoms with Crippen LogP contribution in [0, 0.1) is 0 Å². The summed E-state index contributed by atoms with van der Waals surface area (Å²) in [6.45, 7) is 0. The number of aliphatic hydroxyl groups is 3. The standard InChI is InChI=1S/C19H19ClN4O4/c20-11-5-3-10(4-6-11)14(25)17-15(26)16(27)19(28-17)24-8-23-13-12(9-1-2-9)21-7-22-18(13)24/h3-9,14-17,19,25-27H,1-2H2/t14?,15-,16+,17+,19+/m0/s1. The molecule has 9 heteroatoms. The number of benzene rings is 1. The maximum Gasteiger partial charge on any atom is 0.165 e. The number of fused-ring (bicyclic) bond motifs is 1. The Kier molecular flexibility index (Phi) is 4.33. The number of aromatic nitrogens is 4. The van der Waals surface area contributed by atoms with Crippen LogP contribution in [0.5, 0.6) is 0 Å². The van der Waals surface area contributed by atoms with Crippen molar-refractivity contribution in [2.75, 3.05) is 0 Å². The first-order valence-corrected chi connectivity index (χ1v) is 9.55. The molecule has 146 valence electrons. The fourth-order valence-electron chi connectivity index (χ4n) is 3.74. The van der Waals surface area contributed by atoms with Crippen molar-refractivity contribution in [1.29, 1.82) is 0 Å². The lowest BCUT2D eigenvalue weighted by atomic mass is 9.99. The average molecular weight is 403 g/mol. The predicted molar refractivity (Wildman–Crippen MR) is 99.6 cm³/mol. The molecule has 1 saturated carbocycles. The molecule has 1 aliphatic carbocycles. The summed E-state index contributed by atoms with van der Waals surface area (Å²) in [6, 6.07) is 6.61. The van der Waals surface area contributed by atoms with Crippen LogP contribution in [0.25, 0.3) is 11.2 Å². The SMILES string of the molecule is OC(c1ccc(Cl)cc1)[C@H]1O[C@@H](n2cnc3c(C4CC4)ncnc32)[C@H](O)[C@@H]1O. The molecule has 1 aromatic carbocycles. The Hall–Kier alpha value is -2.10. The third kappa shape index (κ3) is 2.89. The molecule has 28 heavy (non-hydrogen) atoms. The minimum atomic E-state index is -1.28. The van der Waals surface area contributed by atoms with E-state index < -0.39 is 30.6 Å². The van der Waals surface area contributed by atoms with Crippen molar-refractivity contribution in [3.63, 3.8) is 0 Å². The summed E-state index contributed by atoms with van der Waals surface area (Å²) in [6.07, 6.45) is -0.419. The van der Waals surface area contributed by atoms with Crippen LogP contribution in [0.4, 0.5) is 0 Å². The molecule has 3 heterocycles. The van der Waals surface area contributed by atoms with Gasteiger partial charge in [-0.3, -0.25) is 4.57 Å². The van der Waals surface area contributed by atoms with Gasteiger partial charge < -0.3 is 20.1 Å². The van der Waals surface area contributed by atoms with Gasteiger partial charge >= 0.3 is 0 Å². The highest BCUT2D eigenvalue weighted by molar-refractivity contribution is 6.30. The summed E-state index contributed by atoms with van der Waals surface area (Å²) < 4.78 is 7.47. The lowest BCUT2D eigenvalue weighted by molar-refractivity contribution is -0.0849. The molecule has 3 N–H and O–H groups in total. The summed E-state index contributed by atoms with van der Waals surface area (Å²) in [7, 11) is 0. The first kappa shape index (κ1) is 18.0. The Labute approximate surface area is 165 Å². The topological polar surface area (TPSA) is 114 Å². The van der Waals surface area contributed by atoms with Gasteiger partial charge in [-0.25, -0.2) is 15.0 Å². The molecule has 2 aliphatic rings. The zero-order valence-electron chi connectivity index (χ0n) is 14.8. The molecule has 5 rings (SSSR count). The van der Waals surface area contributed by atoms with Crippen LogP contribution in [0.1, 0.15) is 42.3 Å². The molecule has 5 atom stereocenters. The lowest BCUT2D eigenvalue weighted by Gasteiger charge is -2.21. The summed E-state index contributed by atoms with van der Waals surface area (Å²) in [5, 5.41) is 32.3. The molecular weight excluding hydrogens is 384 g/mol. The predicted octanol–water partition coefficient (Wildman–Crippen LogP) is 1.71. The Morgan fingerprint density at radius 2 is 1.82 bits per heavy atom. The van der Waals surface area contributed by atoms with Gasteiger partial charge in [0.25, 0.3) is 0 Å². The van der Waals surface area contributed by atoms with Crippen LogP contribution in [0.3, 0.4) is 0 Å². The molecule has 0 radical (unpaired) electrons. The van der Waals surface area contributed by atoms with Crippen molar-refractivity contribution < 1.29 is 20.1 Å². The van der Waals surface area contributed by atoms with Gasteiger partial charge in [0.1, 0.15) is 36.3 Å². The molecule has 8 nitrogen and oxygen atoms in total. The normalized spacial score (nSPS) is 28.7. The zero-order valence-corrected chi connectivity index (χ0v) is 15.5. The van der Waals surface area contributed by atoms with E-state index in [1.54, 1.807) is 28.8 Å². The number of imidazole rings is 1. The Balaban J connectivity index is 1.46. The van der Waals surface area contributed by atoms with E-state index in [0.29, 0.717) is 27.7 Å². The van der Waals surface area contributed by atoms with E-state index >= 15 is 0 Å². The molecule has 3 aromatic rings. The van der Waals surface area contributed by atoms with Gasteiger partial charge in [0.2, 0.25) is 0 Å². The quantitative estimate of drug-likeness (QED) is 0.608. The minimum Gasteiger partial charge on any atom is -0.387 e. The largest absolute Gasteiger partial charge is 0.387 e. The first-order valence-electron chi connectivity index (χ1n) is 9.17. The summed E-state index contributed by atoms with van der Waals surface area (Å²) in [5.41, 5.74) is 2.65.